The van der Waals surface area contributed by atoms with Gasteiger partial charge in [0.15, 0.2) is 0 Å². The van der Waals surface area contributed by atoms with Crippen molar-refractivity contribution < 1.29 is 19.6 Å². The summed E-state index contributed by atoms with van der Waals surface area (Å²) in [5.41, 5.74) is 0.480. The van der Waals surface area contributed by atoms with Crippen LogP contribution in [0.1, 0.15) is 94.5 Å². The standard InChI is InChI=1S/C13H16NO5.3C4H9.Po/c1-3-6-19-13(16)10-4-5-11(9(2)8-15)12(7-10)14(17)18;3*1-3-4-2;/h4-5,7,9,15H,1,3,6,8H2,2H3;3*1,3-4H2,2H3;. The van der Waals surface area contributed by atoms with Gasteiger partial charge < -0.3 is 0 Å². The summed E-state index contributed by atoms with van der Waals surface area (Å²) in [5.74, 6) is -0.872. The number of rotatable bonds is 17. The predicted octanol–water partition coefficient (Wildman–Crippen LogP) is 7.09. The van der Waals surface area contributed by atoms with E-state index in [1.807, 2.05) is 0 Å². The Morgan fingerprint density at radius 1 is 1.03 bits per heavy atom. The molecular weight excluding hydrogens is 603 g/mol. The quantitative estimate of drug-likeness (QED) is 0.0846. The van der Waals surface area contributed by atoms with E-state index in [1.54, 1.807) is 19.1 Å². The van der Waals surface area contributed by atoms with Gasteiger partial charge >= 0.3 is 199 Å². The summed E-state index contributed by atoms with van der Waals surface area (Å²) in [6, 6.07) is 4.39. The van der Waals surface area contributed by atoms with Gasteiger partial charge in [-0.25, -0.2) is 0 Å². The molecule has 1 atom stereocenters. The van der Waals surface area contributed by atoms with Gasteiger partial charge in [0.05, 0.1) is 0 Å². The van der Waals surface area contributed by atoms with Crippen molar-refractivity contribution in [2.75, 3.05) is 13.2 Å². The van der Waals surface area contributed by atoms with Crippen LogP contribution in [-0.2, 0) is 4.74 Å². The third kappa shape index (κ3) is 9.44. The summed E-state index contributed by atoms with van der Waals surface area (Å²) in [7, 11) is 0. The molecule has 184 valence electrons. The molecule has 0 bridgehead atoms. The number of ether oxygens (including phenoxy) is 1. The molecule has 0 aliphatic heterocycles. The molecule has 0 spiro atoms. The number of carbonyl (C=O) groups is 1. The molecule has 0 aromatic heterocycles. The van der Waals surface area contributed by atoms with Gasteiger partial charge in [-0.2, -0.15) is 0 Å². The van der Waals surface area contributed by atoms with Crippen LogP contribution in [-0.4, -0.2) is 49.8 Å². The molecule has 1 rings (SSSR count). The van der Waals surface area contributed by atoms with Crippen molar-refractivity contribution in [3.8, 4) is 0 Å². The van der Waals surface area contributed by atoms with Gasteiger partial charge in [0.1, 0.15) is 0 Å². The van der Waals surface area contributed by atoms with E-state index in [4.69, 9.17) is 4.74 Å². The molecule has 0 saturated carbocycles. The zero-order valence-electron chi connectivity index (χ0n) is 20.4. The van der Waals surface area contributed by atoms with Crippen molar-refractivity contribution in [2.24, 2.45) is 0 Å². The summed E-state index contributed by atoms with van der Waals surface area (Å²) in [6.07, 6.45) is 8.61. The summed E-state index contributed by atoms with van der Waals surface area (Å²) in [4.78, 5) is 23.5. The zero-order chi connectivity index (χ0) is 24.0. The number of esters is 1. The topological polar surface area (TPSA) is 89.7 Å². The van der Waals surface area contributed by atoms with Gasteiger partial charge in [0.2, 0.25) is 0 Å². The molecule has 32 heavy (non-hydrogen) atoms. The first-order valence-electron chi connectivity index (χ1n) is 12.1. The van der Waals surface area contributed by atoms with Crippen molar-refractivity contribution in [1.82, 2.24) is 0 Å². The Morgan fingerprint density at radius 2 is 1.56 bits per heavy atom. The van der Waals surface area contributed by atoms with E-state index in [0.29, 0.717) is 12.2 Å². The predicted molar refractivity (Wildman–Crippen MR) is 133 cm³/mol. The van der Waals surface area contributed by atoms with E-state index in [-0.39, 0.29) is 23.8 Å². The number of nitro benzene ring substituents is 1. The van der Waals surface area contributed by atoms with Crippen molar-refractivity contribution in [3.05, 3.63) is 39.4 Å². The Labute approximate surface area is 198 Å². The van der Waals surface area contributed by atoms with Gasteiger partial charge in [0.25, 0.3) is 0 Å². The van der Waals surface area contributed by atoms with Crippen LogP contribution in [0.15, 0.2) is 18.2 Å². The van der Waals surface area contributed by atoms with Gasteiger partial charge in [-0.1, -0.05) is 0 Å². The van der Waals surface area contributed by atoms with Crippen LogP contribution >= 0.6 is 0 Å². The molecule has 0 radical (unpaired) electrons. The average Bonchev–Trinajstić information content (AvgIpc) is 2.81. The number of unbranched alkanes of at least 4 members (excludes halogenated alkanes) is 3. The molecule has 1 unspecified atom stereocenters. The van der Waals surface area contributed by atoms with E-state index < -0.39 is 31.5 Å². The van der Waals surface area contributed by atoms with Gasteiger partial charge in [0, 0.05) is 0 Å². The molecule has 0 saturated heterocycles. The van der Waals surface area contributed by atoms with Gasteiger partial charge in [-0.05, 0) is 0 Å². The molecule has 0 heterocycles. The molecule has 6 nitrogen and oxygen atoms in total. The number of carbonyl (C=O) groups excluding carboxylic acids is 1. The summed E-state index contributed by atoms with van der Waals surface area (Å²) < 4.78 is 11.1. The number of nitrogens with zero attached hydrogens (tertiary/aromatic N) is 1. The molecule has 1 aromatic carbocycles. The van der Waals surface area contributed by atoms with Gasteiger partial charge in [-0.3, -0.25) is 0 Å². The maximum absolute atomic E-state index is 12.5. The first-order chi connectivity index (χ1) is 15.3. The first-order valence-corrected chi connectivity index (χ1v) is 21.1. The monoisotopic (exact) mass is 646 g/mol. The second kappa shape index (κ2) is 15.7. The molecule has 0 fully saturated rings. The fourth-order valence-corrected chi connectivity index (χ4v) is 22.0. The molecule has 1 aromatic rings. The Morgan fingerprint density at radius 3 is 2.03 bits per heavy atom. The van der Waals surface area contributed by atoms with Crippen LogP contribution in [0.25, 0.3) is 0 Å². The molecule has 7 heteroatoms. The van der Waals surface area contributed by atoms with Crippen LogP contribution in [0.4, 0.5) is 5.69 Å². The van der Waals surface area contributed by atoms with Crippen LogP contribution in [0.2, 0.25) is 16.3 Å². The SMILES string of the molecule is CCC[CH2][Po]([CH2]CCC)([CH2]CCC)[CH2]CCOC(=O)c1ccc(C(C)CO)c([N+](=O)[O-])c1. The molecule has 1 N–H and O–H groups in total. The molecule has 0 amide bonds. The number of hydrogen-bond acceptors (Lipinski definition) is 5. The van der Waals surface area contributed by atoms with E-state index in [2.05, 4.69) is 20.8 Å². The fourth-order valence-electron chi connectivity index (χ4n) is 3.92. The van der Waals surface area contributed by atoms with Crippen LogP contribution in [0, 0.1) is 10.1 Å². The third-order valence-electron chi connectivity index (χ3n) is 6.02. The molecular formula is C25H43NO5Po. The van der Waals surface area contributed by atoms with Crippen molar-refractivity contribution >= 4 is 32.2 Å². The second-order valence-electron chi connectivity index (χ2n) is 8.71. The van der Waals surface area contributed by atoms with Gasteiger partial charge in [-0.15, -0.1) is 0 Å². The fraction of sp³-hybridized carbons (Fsp3) is 0.720. The van der Waals surface area contributed by atoms with E-state index in [9.17, 15) is 20.0 Å². The van der Waals surface area contributed by atoms with E-state index >= 15 is 0 Å². The number of aliphatic hydroxyl groups excluding tert-OH is 1. The number of nitro groups is 1. The van der Waals surface area contributed by atoms with Crippen molar-refractivity contribution in [2.45, 2.75) is 94.9 Å². The summed E-state index contributed by atoms with van der Waals surface area (Å²) in [6.45, 7) is 8.71. The average molecular weight is 647 g/mol. The van der Waals surface area contributed by atoms with Crippen LogP contribution in [0.3, 0.4) is 0 Å². The normalized spacial score (nSPS) is 13.0. The summed E-state index contributed by atoms with van der Waals surface area (Å²) >= 11 is -2.21. The first kappa shape index (κ1) is 29.0. The Balaban J connectivity index is 2.78. The summed E-state index contributed by atoms with van der Waals surface area (Å²) in [5, 5.41) is 20.8. The third-order valence-corrected chi connectivity index (χ3v) is 24.0. The van der Waals surface area contributed by atoms with Crippen molar-refractivity contribution in [1.29, 1.82) is 0 Å². The van der Waals surface area contributed by atoms with E-state index in [1.165, 1.54) is 60.9 Å². The zero-order valence-corrected chi connectivity index (χ0v) is 23.6. The number of benzene rings is 1. The maximum atomic E-state index is 12.5. The second-order valence-corrected chi connectivity index (χ2v) is 24.6. The number of hydrogen-bond donors (Lipinski definition) is 1. The minimum atomic E-state index is -2.21. The Kier molecular flexibility index (Phi) is 14.2. The Hall–Kier alpha value is -1.05. The number of aliphatic hydroxyl groups is 1. The minimum absolute atomic E-state index is 0.144. The van der Waals surface area contributed by atoms with Crippen LogP contribution in [0.5, 0.6) is 0 Å². The molecule has 0 aliphatic rings. The molecule has 0 aliphatic carbocycles. The Bertz CT molecular complexity index is 688. The van der Waals surface area contributed by atoms with Crippen molar-refractivity contribution in [3.63, 3.8) is 0 Å². The van der Waals surface area contributed by atoms with Crippen LogP contribution < -0.4 is 0 Å². The van der Waals surface area contributed by atoms with E-state index in [0.717, 1.165) is 6.42 Å².